The van der Waals surface area contributed by atoms with Crippen molar-refractivity contribution in [3.05, 3.63) is 106 Å². The van der Waals surface area contributed by atoms with Gasteiger partial charge in [-0.25, -0.2) is 4.98 Å². The molecule has 0 saturated heterocycles. The van der Waals surface area contributed by atoms with Gasteiger partial charge in [-0.15, -0.1) is 0 Å². The molecule has 0 saturated carbocycles. The van der Waals surface area contributed by atoms with Gasteiger partial charge in [0.05, 0.1) is 11.3 Å². The minimum Gasteiger partial charge on any atom is -0.268 e. The molecule has 0 amide bonds. The molecule has 0 unspecified atom stereocenters. The van der Waals surface area contributed by atoms with E-state index in [1.54, 1.807) is 10.6 Å². The molecule has 0 N–H and O–H groups in total. The average molecular weight is 359 g/mol. The topological polar surface area (TPSA) is 34.4 Å². The number of aromatic nitrogens is 2. The van der Waals surface area contributed by atoms with Crippen molar-refractivity contribution in [1.29, 1.82) is 0 Å². The Balaban J connectivity index is 1.92. The van der Waals surface area contributed by atoms with Crippen molar-refractivity contribution >= 4 is 29.4 Å². The fraction of sp³-hybridized carbons (Fsp3) is 0. The smallest absolute Gasteiger partial charge is 0.266 e. The van der Waals surface area contributed by atoms with Crippen LogP contribution in [0.5, 0.6) is 0 Å². The number of pyridine rings is 1. The highest BCUT2D eigenvalue weighted by atomic mass is 35.5. The highest BCUT2D eigenvalue weighted by Crippen LogP contribution is 2.21. The number of rotatable bonds is 3. The second-order valence-electron chi connectivity index (χ2n) is 5.86. The summed E-state index contributed by atoms with van der Waals surface area (Å²) in [7, 11) is 0. The maximum Gasteiger partial charge on any atom is 0.266 e. The number of hydrogen-bond acceptors (Lipinski definition) is 2. The number of halogens is 1. The van der Waals surface area contributed by atoms with Crippen molar-refractivity contribution in [2.24, 2.45) is 0 Å². The van der Waals surface area contributed by atoms with Crippen LogP contribution < -0.4 is 5.56 Å². The zero-order chi connectivity index (χ0) is 17.9. The first-order valence-corrected chi connectivity index (χ1v) is 8.61. The van der Waals surface area contributed by atoms with Crippen molar-refractivity contribution in [2.75, 3.05) is 0 Å². The molecule has 4 rings (SSSR count). The molecule has 0 fully saturated rings. The molecule has 26 heavy (non-hydrogen) atoms. The Labute approximate surface area is 155 Å². The predicted octanol–water partition coefficient (Wildman–Crippen LogP) is 5.19. The molecule has 0 aliphatic carbocycles. The van der Waals surface area contributed by atoms with E-state index in [2.05, 4.69) is 0 Å². The van der Waals surface area contributed by atoms with Gasteiger partial charge in [-0.2, -0.15) is 0 Å². The first-order valence-electron chi connectivity index (χ1n) is 8.23. The van der Waals surface area contributed by atoms with Gasteiger partial charge in [0.1, 0.15) is 5.65 Å². The monoisotopic (exact) mass is 358 g/mol. The SMILES string of the molecule is O=c1c(-c2ccccc2)c(/C=C/c2ccc(Cl)cc2)nc2ccccn12. The van der Waals surface area contributed by atoms with Crippen molar-refractivity contribution in [3.8, 4) is 11.1 Å². The van der Waals surface area contributed by atoms with Crippen LogP contribution in [0, 0.1) is 0 Å². The van der Waals surface area contributed by atoms with Gasteiger partial charge >= 0.3 is 0 Å². The first-order chi connectivity index (χ1) is 12.7. The summed E-state index contributed by atoms with van der Waals surface area (Å²) in [6.45, 7) is 0. The maximum absolute atomic E-state index is 13.1. The van der Waals surface area contributed by atoms with E-state index >= 15 is 0 Å². The molecule has 2 aromatic heterocycles. The molecule has 4 aromatic rings. The van der Waals surface area contributed by atoms with Crippen LogP contribution in [0.3, 0.4) is 0 Å². The lowest BCUT2D eigenvalue weighted by atomic mass is 10.0. The molecule has 0 spiro atoms. The average Bonchev–Trinajstić information content (AvgIpc) is 2.68. The molecule has 126 valence electrons. The molecule has 0 atom stereocenters. The fourth-order valence-electron chi connectivity index (χ4n) is 2.85. The van der Waals surface area contributed by atoms with E-state index in [1.165, 1.54) is 0 Å². The molecule has 0 aliphatic rings. The summed E-state index contributed by atoms with van der Waals surface area (Å²) in [5.74, 6) is 0. The van der Waals surface area contributed by atoms with Crippen molar-refractivity contribution < 1.29 is 0 Å². The second kappa shape index (κ2) is 6.98. The van der Waals surface area contributed by atoms with Crippen LogP contribution in [0.1, 0.15) is 11.3 Å². The molecule has 0 bridgehead atoms. The third-order valence-electron chi connectivity index (χ3n) is 4.13. The van der Waals surface area contributed by atoms with E-state index in [0.29, 0.717) is 21.9 Å². The number of benzene rings is 2. The summed E-state index contributed by atoms with van der Waals surface area (Å²) in [5.41, 5.74) is 3.59. The summed E-state index contributed by atoms with van der Waals surface area (Å²) in [4.78, 5) is 17.8. The summed E-state index contributed by atoms with van der Waals surface area (Å²) in [6.07, 6.45) is 5.55. The Kier molecular flexibility index (Phi) is 4.38. The summed E-state index contributed by atoms with van der Waals surface area (Å²) >= 11 is 5.94. The highest BCUT2D eigenvalue weighted by Gasteiger charge is 2.12. The van der Waals surface area contributed by atoms with E-state index in [4.69, 9.17) is 16.6 Å². The lowest BCUT2D eigenvalue weighted by Crippen LogP contribution is -2.18. The van der Waals surface area contributed by atoms with Crippen molar-refractivity contribution in [3.63, 3.8) is 0 Å². The second-order valence-corrected chi connectivity index (χ2v) is 6.29. The van der Waals surface area contributed by atoms with Gasteiger partial charge in [-0.1, -0.05) is 66.2 Å². The molecule has 2 heterocycles. The van der Waals surface area contributed by atoms with Crippen LogP contribution in [0.25, 0.3) is 28.9 Å². The van der Waals surface area contributed by atoms with Gasteiger partial charge in [0.25, 0.3) is 5.56 Å². The molecule has 3 nitrogen and oxygen atoms in total. The van der Waals surface area contributed by atoms with Crippen LogP contribution in [-0.2, 0) is 0 Å². The largest absolute Gasteiger partial charge is 0.268 e. The Morgan fingerprint density at radius 2 is 1.58 bits per heavy atom. The molecule has 2 aromatic carbocycles. The van der Waals surface area contributed by atoms with Crippen LogP contribution >= 0.6 is 11.6 Å². The zero-order valence-electron chi connectivity index (χ0n) is 13.8. The quantitative estimate of drug-likeness (QED) is 0.505. The van der Waals surface area contributed by atoms with Crippen LogP contribution in [-0.4, -0.2) is 9.38 Å². The summed E-state index contributed by atoms with van der Waals surface area (Å²) in [5, 5.41) is 0.689. The number of fused-ring (bicyclic) bond motifs is 1. The van der Waals surface area contributed by atoms with Gasteiger partial charge in [0, 0.05) is 11.2 Å². The Hall–Kier alpha value is -3.17. The lowest BCUT2D eigenvalue weighted by molar-refractivity contribution is 1.04. The van der Waals surface area contributed by atoms with Crippen molar-refractivity contribution in [2.45, 2.75) is 0 Å². The van der Waals surface area contributed by atoms with Crippen molar-refractivity contribution in [1.82, 2.24) is 9.38 Å². The normalized spacial score (nSPS) is 11.3. The van der Waals surface area contributed by atoms with Gasteiger partial charge < -0.3 is 0 Å². The highest BCUT2D eigenvalue weighted by molar-refractivity contribution is 6.30. The summed E-state index contributed by atoms with van der Waals surface area (Å²) < 4.78 is 1.57. The number of nitrogens with zero attached hydrogens (tertiary/aromatic N) is 2. The van der Waals surface area contributed by atoms with Gasteiger partial charge in [0.15, 0.2) is 0 Å². The maximum atomic E-state index is 13.1. The van der Waals surface area contributed by atoms with Gasteiger partial charge in [-0.05, 0) is 41.5 Å². The minimum absolute atomic E-state index is 0.0856. The Morgan fingerprint density at radius 1 is 0.846 bits per heavy atom. The van der Waals surface area contributed by atoms with Crippen LogP contribution in [0.4, 0.5) is 0 Å². The molecule has 0 aliphatic heterocycles. The standard InChI is InChI=1S/C22H15ClN2O/c23-18-12-9-16(10-13-18)11-14-19-21(17-6-2-1-3-7-17)22(26)25-15-5-4-8-20(25)24-19/h1-15H/b14-11+. The third-order valence-corrected chi connectivity index (χ3v) is 4.38. The van der Waals surface area contributed by atoms with E-state index in [1.807, 2.05) is 84.9 Å². The minimum atomic E-state index is -0.0856. The molecule has 0 radical (unpaired) electrons. The van der Waals surface area contributed by atoms with E-state index in [-0.39, 0.29) is 5.56 Å². The van der Waals surface area contributed by atoms with Gasteiger partial charge in [-0.3, -0.25) is 9.20 Å². The molecular formula is C22H15ClN2O. The zero-order valence-corrected chi connectivity index (χ0v) is 14.6. The van der Waals surface area contributed by atoms with E-state index in [9.17, 15) is 4.79 Å². The molecular weight excluding hydrogens is 344 g/mol. The Morgan fingerprint density at radius 3 is 2.35 bits per heavy atom. The number of hydrogen-bond donors (Lipinski definition) is 0. The summed E-state index contributed by atoms with van der Waals surface area (Å²) in [6, 6.07) is 22.7. The van der Waals surface area contributed by atoms with E-state index in [0.717, 1.165) is 11.1 Å². The van der Waals surface area contributed by atoms with Crippen LogP contribution in [0.15, 0.2) is 83.8 Å². The third kappa shape index (κ3) is 3.17. The Bertz CT molecular complexity index is 1150. The van der Waals surface area contributed by atoms with Gasteiger partial charge in [0.2, 0.25) is 0 Å². The van der Waals surface area contributed by atoms with E-state index < -0.39 is 0 Å². The predicted molar refractivity (Wildman–Crippen MR) is 107 cm³/mol. The van der Waals surface area contributed by atoms with Crippen LogP contribution in [0.2, 0.25) is 5.02 Å². The first kappa shape index (κ1) is 16.3. The lowest BCUT2D eigenvalue weighted by Gasteiger charge is -2.08. The molecule has 4 heteroatoms. The fourth-order valence-corrected chi connectivity index (χ4v) is 2.98.